The highest BCUT2D eigenvalue weighted by atomic mass is 16.3. The summed E-state index contributed by atoms with van der Waals surface area (Å²) in [7, 11) is 2.82. The number of aromatic hydroxyl groups is 1. The second-order valence-electron chi connectivity index (χ2n) is 7.48. The van der Waals surface area contributed by atoms with Crippen LogP contribution in [0.1, 0.15) is 24.0 Å². The number of fused-ring (bicyclic) bond motifs is 3. The van der Waals surface area contributed by atoms with Gasteiger partial charge in [0, 0.05) is 20.7 Å². The zero-order chi connectivity index (χ0) is 22.3. The molecule has 4 rings (SSSR count). The lowest BCUT2D eigenvalue weighted by Gasteiger charge is -2.14. The number of hydrogen-bond donors (Lipinski definition) is 2. The van der Waals surface area contributed by atoms with Crippen molar-refractivity contribution < 1.29 is 10.2 Å². The molecule has 0 bridgehead atoms. The molecule has 0 saturated heterocycles. The standard InChI is InChI=1S/C21H23N5O5/c1-23-16-15(19(30)24(2)21(23)31)26-18(29)14(10-6-7-11-27)17(28)25(20(26)22-16)12-13-8-4-3-5-9-13/h3-5,8-9,27-28H,6-7,10-12H2,1-2H3. The van der Waals surface area contributed by atoms with Gasteiger partial charge in [-0.15, -0.1) is 0 Å². The molecule has 0 radical (unpaired) electrons. The highest BCUT2D eigenvalue weighted by molar-refractivity contribution is 5.75. The van der Waals surface area contributed by atoms with Crippen molar-refractivity contribution in [3.63, 3.8) is 0 Å². The summed E-state index contributed by atoms with van der Waals surface area (Å²) in [6.07, 6.45) is 1.18. The number of benzene rings is 1. The molecule has 0 atom stereocenters. The van der Waals surface area contributed by atoms with Crippen molar-refractivity contribution in [3.8, 4) is 5.88 Å². The van der Waals surface area contributed by atoms with Crippen LogP contribution in [-0.4, -0.2) is 39.9 Å². The van der Waals surface area contributed by atoms with Crippen LogP contribution in [0.3, 0.4) is 0 Å². The fraction of sp³-hybridized carbons (Fsp3) is 0.333. The minimum atomic E-state index is -0.638. The lowest BCUT2D eigenvalue weighted by atomic mass is 10.1. The van der Waals surface area contributed by atoms with Crippen molar-refractivity contribution >= 4 is 16.9 Å². The number of aliphatic hydroxyl groups excluding tert-OH is 1. The van der Waals surface area contributed by atoms with E-state index in [9.17, 15) is 19.5 Å². The summed E-state index contributed by atoms with van der Waals surface area (Å²) >= 11 is 0. The van der Waals surface area contributed by atoms with E-state index in [1.807, 2.05) is 30.3 Å². The van der Waals surface area contributed by atoms with Gasteiger partial charge in [0.25, 0.3) is 11.1 Å². The van der Waals surface area contributed by atoms with E-state index in [0.717, 1.165) is 10.1 Å². The predicted octanol–water partition coefficient (Wildman–Crippen LogP) is 0.115. The predicted molar refractivity (Wildman–Crippen MR) is 115 cm³/mol. The van der Waals surface area contributed by atoms with E-state index < -0.39 is 16.8 Å². The SMILES string of the molecule is Cn1c(=O)c2c(nc3n(Cc4ccccc4)c(O)c(CCCCO)c(=O)n23)n(C)c1=O. The molecule has 31 heavy (non-hydrogen) atoms. The average Bonchev–Trinajstić information content (AvgIpc) is 3.18. The van der Waals surface area contributed by atoms with Gasteiger partial charge in [-0.3, -0.25) is 23.3 Å². The third-order valence-corrected chi connectivity index (χ3v) is 5.49. The van der Waals surface area contributed by atoms with Gasteiger partial charge in [-0.2, -0.15) is 4.98 Å². The summed E-state index contributed by atoms with van der Waals surface area (Å²) in [5.74, 6) is -0.165. The normalized spacial score (nSPS) is 11.6. The van der Waals surface area contributed by atoms with Gasteiger partial charge >= 0.3 is 5.69 Å². The van der Waals surface area contributed by atoms with Gasteiger partial charge in [0.05, 0.1) is 12.1 Å². The maximum Gasteiger partial charge on any atom is 0.332 e. The lowest BCUT2D eigenvalue weighted by Crippen LogP contribution is -2.38. The fourth-order valence-corrected chi connectivity index (χ4v) is 3.79. The van der Waals surface area contributed by atoms with Crippen LogP contribution in [-0.2, 0) is 27.1 Å². The zero-order valence-electron chi connectivity index (χ0n) is 17.3. The molecule has 0 aliphatic rings. The number of imidazole rings is 1. The smallest absolute Gasteiger partial charge is 0.332 e. The van der Waals surface area contributed by atoms with Crippen LogP contribution in [0.5, 0.6) is 5.88 Å². The molecule has 0 fully saturated rings. The van der Waals surface area contributed by atoms with Gasteiger partial charge in [0.1, 0.15) is 0 Å². The molecule has 162 valence electrons. The van der Waals surface area contributed by atoms with E-state index in [1.54, 1.807) is 0 Å². The number of aromatic nitrogens is 5. The molecule has 10 nitrogen and oxygen atoms in total. The number of nitrogens with zero attached hydrogens (tertiary/aromatic N) is 5. The number of hydrogen-bond acceptors (Lipinski definition) is 6. The third-order valence-electron chi connectivity index (χ3n) is 5.49. The molecule has 3 aromatic heterocycles. The molecule has 0 aliphatic heterocycles. The second-order valence-corrected chi connectivity index (χ2v) is 7.48. The van der Waals surface area contributed by atoms with Crippen molar-refractivity contribution in [2.45, 2.75) is 25.8 Å². The number of unbranched alkanes of at least 4 members (excludes halogenated alkanes) is 1. The van der Waals surface area contributed by atoms with Crippen LogP contribution >= 0.6 is 0 Å². The molecule has 3 heterocycles. The molecule has 0 amide bonds. The zero-order valence-corrected chi connectivity index (χ0v) is 17.3. The summed E-state index contributed by atoms with van der Waals surface area (Å²) in [5, 5.41) is 20.1. The van der Waals surface area contributed by atoms with E-state index in [1.165, 1.54) is 27.6 Å². The Kier molecular flexibility index (Phi) is 5.24. The molecular weight excluding hydrogens is 402 g/mol. The minimum Gasteiger partial charge on any atom is -0.494 e. The van der Waals surface area contributed by atoms with Gasteiger partial charge in [-0.1, -0.05) is 30.3 Å². The number of aryl methyl sites for hydroxylation is 1. The molecule has 0 spiro atoms. The molecular formula is C21H23N5O5. The van der Waals surface area contributed by atoms with Crippen molar-refractivity contribution in [3.05, 3.63) is 72.7 Å². The van der Waals surface area contributed by atoms with E-state index >= 15 is 0 Å². The van der Waals surface area contributed by atoms with Crippen molar-refractivity contribution in [2.75, 3.05) is 6.61 Å². The van der Waals surface area contributed by atoms with Crippen LogP contribution in [0.4, 0.5) is 0 Å². The van der Waals surface area contributed by atoms with Crippen LogP contribution in [0.15, 0.2) is 44.7 Å². The van der Waals surface area contributed by atoms with E-state index in [-0.39, 0.29) is 48.0 Å². The highest BCUT2D eigenvalue weighted by Gasteiger charge is 2.24. The lowest BCUT2D eigenvalue weighted by molar-refractivity contribution is 0.284. The number of aliphatic hydroxyl groups is 1. The summed E-state index contributed by atoms with van der Waals surface area (Å²) in [6.45, 7) is 0.179. The van der Waals surface area contributed by atoms with E-state index in [4.69, 9.17) is 5.11 Å². The quantitative estimate of drug-likeness (QED) is 0.423. The first-order valence-corrected chi connectivity index (χ1v) is 9.94. The molecule has 0 unspecified atom stereocenters. The summed E-state index contributed by atoms with van der Waals surface area (Å²) in [5.41, 5.74) is -0.719. The maximum absolute atomic E-state index is 13.3. The first-order chi connectivity index (χ1) is 14.9. The Morgan fingerprint density at radius 2 is 1.68 bits per heavy atom. The van der Waals surface area contributed by atoms with Gasteiger partial charge in [-0.25, -0.2) is 9.20 Å². The average molecular weight is 425 g/mol. The topological polar surface area (TPSA) is 124 Å². The molecule has 1 aromatic carbocycles. The largest absolute Gasteiger partial charge is 0.494 e. The molecule has 2 N–H and O–H groups in total. The van der Waals surface area contributed by atoms with Crippen molar-refractivity contribution in [1.29, 1.82) is 0 Å². The van der Waals surface area contributed by atoms with Crippen molar-refractivity contribution in [2.24, 2.45) is 14.1 Å². The molecule has 0 saturated carbocycles. The fourth-order valence-electron chi connectivity index (χ4n) is 3.79. The Bertz CT molecular complexity index is 1460. The molecule has 10 heteroatoms. The van der Waals surface area contributed by atoms with Gasteiger partial charge < -0.3 is 10.2 Å². The van der Waals surface area contributed by atoms with E-state index in [2.05, 4.69) is 4.98 Å². The minimum absolute atomic E-state index is 0.0187. The molecule has 0 aliphatic carbocycles. The van der Waals surface area contributed by atoms with Gasteiger partial charge in [-0.05, 0) is 24.8 Å². The van der Waals surface area contributed by atoms with Crippen molar-refractivity contribution in [1.82, 2.24) is 23.1 Å². The van der Waals surface area contributed by atoms with Gasteiger partial charge in [0.2, 0.25) is 11.7 Å². The third kappa shape index (κ3) is 3.25. The van der Waals surface area contributed by atoms with Gasteiger partial charge in [0.15, 0.2) is 11.2 Å². The van der Waals surface area contributed by atoms with Crippen LogP contribution in [0.2, 0.25) is 0 Å². The number of rotatable bonds is 6. The Balaban J connectivity index is 2.12. The second kappa shape index (κ2) is 7.88. The van der Waals surface area contributed by atoms with E-state index in [0.29, 0.717) is 12.8 Å². The Labute approximate surface area is 175 Å². The molecule has 4 aromatic rings. The Morgan fingerprint density at radius 1 is 0.968 bits per heavy atom. The highest BCUT2D eigenvalue weighted by Crippen LogP contribution is 2.22. The first-order valence-electron chi connectivity index (χ1n) is 9.94. The summed E-state index contributed by atoms with van der Waals surface area (Å²) in [6, 6.07) is 9.33. The maximum atomic E-state index is 13.3. The van der Waals surface area contributed by atoms with Crippen LogP contribution in [0.25, 0.3) is 16.9 Å². The Morgan fingerprint density at radius 3 is 2.35 bits per heavy atom. The van der Waals surface area contributed by atoms with Crippen LogP contribution < -0.4 is 16.8 Å². The Hall–Kier alpha value is -3.66. The summed E-state index contributed by atoms with van der Waals surface area (Å²) in [4.78, 5) is 43.0. The summed E-state index contributed by atoms with van der Waals surface area (Å²) < 4.78 is 4.78. The first kappa shape index (κ1) is 20.6. The monoisotopic (exact) mass is 425 g/mol. The van der Waals surface area contributed by atoms with Crippen LogP contribution in [0, 0.1) is 0 Å².